The number of amides is 1. The summed E-state index contributed by atoms with van der Waals surface area (Å²) < 4.78 is 1.33. The van der Waals surface area contributed by atoms with Gasteiger partial charge in [0.25, 0.3) is 11.5 Å². The maximum atomic E-state index is 12.4. The van der Waals surface area contributed by atoms with Crippen molar-refractivity contribution in [3.05, 3.63) is 38.8 Å². The highest BCUT2D eigenvalue weighted by molar-refractivity contribution is 7.15. The lowest BCUT2D eigenvalue weighted by atomic mass is 10.0. The molecule has 6 nitrogen and oxygen atoms in total. The highest BCUT2D eigenvalue weighted by Crippen LogP contribution is 2.28. The number of rotatable bonds is 4. The quantitative estimate of drug-likeness (QED) is 0.923. The number of aryl methyl sites for hydroxylation is 3. The number of thiazole rings is 1. The molecule has 24 heavy (non-hydrogen) atoms. The fraction of sp³-hybridized carbons (Fsp3) is 0.529. The maximum Gasteiger partial charge on any atom is 0.277 e. The zero-order valence-corrected chi connectivity index (χ0v) is 14.7. The van der Waals surface area contributed by atoms with Crippen molar-refractivity contribution < 1.29 is 4.79 Å². The number of anilines is 1. The molecule has 2 heterocycles. The molecule has 0 bridgehead atoms. The molecule has 0 atom stereocenters. The van der Waals surface area contributed by atoms with Crippen LogP contribution in [-0.2, 0) is 19.4 Å². The van der Waals surface area contributed by atoms with Gasteiger partial charge in [-0.25, -0.2) is 9.67 Å². The number of hydrogen-bond acceptors (Lipinski definition) is 5. The smallest absolute Gasteiger partial charge is 0.277 e. The van der Waals surface area contributed by atoms with Crippen LogP contribution < -0.4 is 10.9 Å². The molecule has 0 aliphatic heterocycles. The minimum absolute atomic E-state index is 0.189. The van der Waals surface area contributed by atoms with Gasteiger partial charge >= 0.3 is 0 Å². The van der Waals surface area contributed by atoms with Gasteiger partial charge in [-0.3, -0.25) is 14.9 Å². The summed E-state index contributed by atoms with van der Waals surface area (Å²) in [6.07, 6.45) is 7.68. The summed E-state index contributed by atoms with van der Waals surface area (Å²) >= 11 is 1.56. The van der Waals surface area contributed by atoms with Crippen LogP contribution in [0.5, 0.6) is 0 Å². The summed E-state index contributed by atoms with van der Waals surface area (Å²) in [5, 5.41) is 7.60. The Morgan fingerprint density at radius 1 is 1.25 bits per heavy atom. The number of hydrogen-bond donors (Lipinski definition) is 1. The lowest BCUT2D eigenvalue weighted by molar-refractivity contribution is 0.101. The third-order valence-electron chi connectivity index (χ3n) is 4.10. The zero-order chi connectivity index (χ0) is 16.9. The van der Waals surface area contributed by atoms with E-state index < -0.39 is 0 Å². The van der Waals surface area contributed by atoms with Gasteiger partial charge in [-0.15, -0.1) is 11.3 Å². The van der Waals surface area contributed by atoms with E-state index in [4.69, 9.17) is 0 Å². The standard InChI is InChI=1S/C17H22N4O2S/c1-2-11-21-15(22)10-9-13(20-21)16(23)19-17-18-12-7-5-3-4-6-8-14(12)24-17/h9-10H,2-8,11H2,1H3,(H,18,19,23). The SMILES string of the molecule is CCCn1nc(C(=O)Nc2nc3c(s2)CCCCCC3)ccc1=O. The lowest BCUT2D eigenvalue weighted by Gasteiger charge is -2.06. The molecular weight excluding hydrogens is 324 g/mol. The van der Waals surface area contributed by atoms with Gasteiger partial charge in [-0.1, -0.05) is 19.8 Å². The van der Waals surface area contributed by atoms with Crippen molar-refractivity contribution in [2.75, 3.05) is 5.32 Å². The second kappa shape index (κ2) is 7.70. The highest BCUT2D eigenvalue weighted by atomic mass is 32.1. The average molecular weight is 346 g/mol. The number of carbonyl (C=O) groups is 1. The normalized spacial score (nSPS) is 14.5. The molecule has 0 radical (unpaired) electrons. The molecule has 128 valence electrons. The largest absolute Gasteiger partial charge is 0.296 e. The van der Waals surface area contributed by atoms with E-state index in [2.05, 4.69) is 15.4 Å². The van der Waals surface area contributed by atoms with Crippen molar-refractivity contribution >= 4 is 22.4 Å². The van der Waals surface area contributed by atoms with E-state index >= 15 is 0 Å². The molecule has 0 fully saturated rings. The van der Waals surface area contributed by atoms with Crippen molar-refractivity contribution in [2.24, 2.45) is 0 Å². The van der Waals surface area contributed by atoms with E-state index in [1.807, 2.05) is 6.92 Å². The van der Waals surface area contributed by atoms with E-state index in [0.717, 1.165) is 31.4 Å². The van der Waals surface area contributed by atoms with Crippen LogP contribution in [0.1, 0.15) is 60.1 Å². The first kappa shape index (κ1) is 16.8. The molecule has 0 saturated carbocycles. The maximum absolute atomic E-state index is 12.4. The van der Waals surface area contributed by atoms with Crippen LogP contribution in [0.15, 0.2) is 16.9 Å². The molecule has 0 saturated heterocycles. The predicted molar refractivity (Wildman–Crippen MR) is 94.7 cm³/mol. The van der Waals surface area contributed by atoms with Crippen molar-refractivity contribution in [2.45, 2.75) is 58.4 Å². The number of nitrogens with one attached hydrogen (secondary N) is 1. The van der Waals surface area contributed by atoms with E-state index in [0.29, 0.717) is 11.7 Å². The molecule has 1 amide bonds. The van der Waals surface area contributed by atoms with Crippen LogP contribution in [0.25, 0.3) is 0 Å². The predicted octanol–water partition coefficient (Wildman–Crippen LogP) is 3.02. The molecule has 1 aliphatic rings. The number of nitrogens with zero attached hydrogens (tertiary/aromatic N) is 3. The summed E-state index contributed by atoms with van der Waals surface area (Å²) in [7, 11) is 0. The third-order valence-corrected chi connectivity index (χ3v) is 5.17. The van der Waals surface area contributed by atoms with Crippen LogP contribution >= 0.6 is 11.3 Å². The van der Waals surface area contributed by atoms with Crippen LogP contribution in [0.3, 0.4) is 0 Å². The molecule has 0 unspecified atom stereocenters. The molecule has 0 spiro atoms. The monoisotopic (exact) mass is 346 g/mol. The highest BCUT2D eigenvalue weighted by Gasteiger charge is 2.16. The van der Waals surface area contributed by atoms with Gasteiger partial charge in [-0.2, -0.15) is 5.10 Å². The minimum atomic E-state index is -0.318. The second-order valence-corrected chi connectivity index (χ2v) is 7.12. The van der Waals surface area contributed by atoms with Crippen LogP contribution in [-0.4, -0.2) is 20.7 Å². The van der Waals surface area contributed by atoms with E-state index in [1.54, 1.807) is 11.3 Å². The topological polar surface area (TPSA) is 76.9 Å². The van der Waals surface area contributed by atoms with Gasteiger partial charge in [0.2, 0.25) is 0 Å². The van der Waals surface area contributed by atoms with Gasteiger partial charge in [0.1, 0.15) is 5.69 Å². The first-order valence-corrected chi connectivity index (χ1v) is 9.37. The summed E-state index contributed by atoms with van der Waals surface area (Å²) in [6.45, 7) is 2.47. The molecule has 2 aromatic heterocycles. The Balaban J connectivity index is 1.76. The Bertz CT molecular complexity index is 756. The molecule has 3 rings (SSSR count). The minimum Gasteiger partial charge on any atom is -0.296 e. The van der Waals surface area contributed by atoms with Crippen molar-refractivity contribution in [3.8, 4) is 0 Å². The van der Waals surface area contributed by atoms with Gasteiger partial charge in [0.05, 0.1) is 5.69 Å². The van der Waals surface area contributed by atoms with E-state index in [9.17, 15) is 9.59 Å². The Labute approximate surface area is 144 Å². The summed E-state index contributed by atoms with van der Waals surface area (Å²) in [5.74, 6) is -0.318. The lowest BCUT2D eigenvalue weighted by Crippen LogP contribution is -2.26. The van der Waals surface area contributed by atoms with Crippen molar-refractivity contribution in [3.63, 3.8) is 0 Å². The van der Waals surface area contributed by atoms with E-state index in [-0.39, 0.29) is 17.2 Å². The number of aromatic nitrogens is 3. The Kier molecular flexibility index (Phi) is 5.40. The molecule has 7 heteroatoms. The van der Waals surface area contributed by atoms with Gasteiger partial charge < -0.3 is 0 Å². The molecule has 2 aromatic rings. The van der Waals surface area contributed by atoms with Crippen LogP contribution in [0, 0.1) is 0 Å². The summed E-state index contributed by atoms with van der Waals surface area (Å²) in [5.41, 5.74) is 1.18. The second-order valence-electron chi connectivity index (χ2n) is 6.04. The van der Waals surface area contributed by atoms with E-state index in [1.165, 1.54) is 41.0 Å². The van der Waals surface area contributed by atoms with Crippen molar-refractivity contribution in [1.82, 2.24) is 14.8 Å². The molecule has 1 N–H and O–H groups in total. The zero-order valence-electron chi connectivity index (χ0n) is 13.9. The number of carbonyl (C=O) groups excluding carboxylic acids is 1. The average Bonchev–Trinajstić information content (AvgIpc) is 2.90. The summed E-state index contributed by atoms with van der Waals surface area (Å²) in [6, 6.07) is 2.85. The molecule has 0 aromatic carbocycles. The third kappa shape index (κ3) is 3.90. The van der Waals surface area contributed by atoms with Crippen molar-refractivity contribution in [1.29, 1.82) is 0 Å². The van der Waals surface area contributed by atoms with Gasteiger partial charge in [-0.05, 0) is 38.2 Å². The fourth-order valence-corrected chi connectivity index (χ4v) is 3.91. The van der Waals surface area contributed by atoms with Crippen LogP contribution in [0.2, 0.25) is 0 Å². The van der Waals surface area contributed by atoms with Gasteiger partial charge in [0, 0.05) is 17.5 Å². The Morgan fingerprint density at radius 2 is 2.04 bits per heavy atom. The molecule has 1 aliphatic carbocycles. The first-order valence-electron chi connectivity index (χ1n) is 8.55. The molecular formula is C17H22N4O2S. The Morgan fingerprint density at radius 3 is 2.83 bits per heavy atom. The first-order chi connectivity index (χ1) is 11.7. The Hall–Kier alpha value is -2.02. The number of fused-ring (bicyclic) bond motifs is 1. The fourth-order valence-electron chi connectivity index (χ4n) is 2.86. The van der Waals surface area contributed by atoms with Crippen LogP contribution in [0.4, 0.5) is 5.13 Å². The van der Waals surface area contributed by atoms with Gasteiger partial charge in [0.15, 0.2) is 5.13 Å². The summed E-state index contributed by atoms with van der Waals surface area (Å²) in [4.78, 5) is 30.0.